The van der Waals surface area contributed by atoms with Crippen molar-refractivity contribution in [2.24, 2.45) is 7.05 Å². The summed E-state index contributed by atoms with van der Waals surface area (Å²) in [5.41, 5.74) is 10.2. The van der Waals surface area contributed by atoms with Crippen LogP contribution in [0.4, 0.5) is 11.5 Å². The molecule has 0 spiro atoms. The van der Waals surface area contributed by atoms with Crippen LogP contribution in [0, 0.1) is 13.8 Å². The maximum absolute atomic E-state index is 12.1. The third kappa shape index (κ3) is 3.97. The molecule has 0 saturated carbocycles. The van der Waals surface area contributed by atoms with Gasteiger partial charge >= 0.3 is 0 Å². The lowest BCUT2D eigenvalue weighted by Gasteiger charge is -2.12. The molecule has 3 N–H and O–H groups in total. The molecule has 0 fully saturated rings. The number of nitrogens with zero attached hydrogens (tertiary/aromatic N) is 4. The van der Waals surface area contributed by atoms with Crippen molar-refractivity contribution in [2.45, 2.75) is 20.4 Å². The van der Waals surface area contributed by atoms with E-state index in [1.54, 1.807) is 10.9 Å². The first-order chi connectivity index (χ1) is 12.5. The molecule has 0 aliphatic heterocycles. The molecule has 3 rings (SSSR count). The molecule has 0 unspecified atom stereocenters. The molecule has 8 nitrogen and oxygen atoms in total. The first-order valence-corrected chi connectivity index (χ1v) is 8.18. The number of hydrogen-bond donors (Lipinski definition) is 3. The van der Waals surface area contributed by atoms with Crippen molar-refractivity contribution in [3.8, 4) is 0 Å². The molecule has 0 aliphatic rings. The molecule has 0 saturated heterocycles. The summed E-state index contributed by atoms with van der Waals surface area (Å²) in [6.07, 6.45) is 6.07. The predicted octanol–water partition coefficient (Wildman–Crippen LogP) is 2.20. The van der Waals surface area contributed by atoms with Gasteiger partial charge in [-0.05, 0) is 30.5 Å². The summed E-state index contributed by atoms with van der Waals surface area (Å²) in [5.74, 6) is 0.329. The van der Waals surface area contributed by atoms with Crippen molar-refractivity contribution in [1.82, 2.24) is 25.2 Å². The van der Waals surface area contributed by atoms with Gasteiger partial charge in [-0.1, -0.05) is 18.2 Å². The Labute approximate surface area is 151 Å². The maximum Gasteiger partial charge on any atom is 0.272 e. The van der Waals surface area contributed by atoms with Crippen molar-refractivity contribution in [2.75, 3.05) is 10.7 Å². The third-order valence-electron chi connectivity index (χ3n) is 4.04. The minimum Gasteiger partial charge on any atom is -0.363 e. The number of aromatic nitrogens is 4. The van der Waals surface area contributed by atoms with E-state index >= 15 is 0 Å². The van der Waals surface area contributed by atoms with Crippen LogP contribution < -0.4 is 16.2 Å². The summed E-state index contributed by atoms with van der Waals surface area (Å²) < 4.78 is 1.67. The summed E-state index contributed by atoms with van der Waals surface area (Å²) in [7, 11) is 1.82. The quantitative estimate of drug-likeness (QED) is 0.589. The van der Waals surface area contributed by atoms with E-state index in [1.165, 1.54) is 35.4 Å². The second kappa shape index (κ2) is 7.64. The Balaban J connectivity index is 1.67. The molecule has 26 heavy (non-hydrogen) atoms. The molecule has 0 atom stereocenters. The number of anilines is 2. The van der Waals surface area contributed by atoms with Gasteiger partial charge in [-0.15, -0.1) is 0 Å². The first kappa shape index (κ1) is 17.4. The molecular weight excluding hydrogens is 330 g/mol. The van der Waals surface area contributed by atoms with Crippen LogP contribution in [0.25, 0.3) is 0 Å². The lowest BCUT2D eigenvalue weighted by atomic mass is 10.0. The van der Waals surface area contributed by atoms with Crippen LogP contribution in [0.5, 0.6) is 0 Å². The van der Waals surface area contributed by atoms with Gasteiger partial charge in [-0.3, -0.25) is 20.3 Å². The number of hydrazine groups is 1. The van der Waals surface area contributed by atoms with Crippen LogP contribution in [0.2, 0.25) is 0 Å². The lowest BCUT2D eigenvalue weighted by molar-refractivity contribution is 0.0962. The number of amides is 1. The average Bonchev–Trinajstić information content (AvgIpc) is 2.99. The Morgan fingerprint density at radius 1 is 1.15 bits per heavy atom. The molecule has 2 heterocycles. The molecule has 8 heteroatoms. The van der Waals surface area contributed by atoms with Crippen molar-refractivity contribution in [1.29, 1.82) is 0 Å². The number of rotatable bonds is 6. The normalized spacial score (nSPS) is 10.4. The Morgan fingerprint density at radius 2 is 1.85 bits per heavy atom. The molecule has 0 bridgehead atoms. The van der Waals surface area contributed by atoms with E-state index in [2.05, 4.69) is 57.2 Å². The fourth-order valence-corrected chi connectivity index (χ4v) is 2.62. The highest BCUT2D eigenvalue weighted by Crippen LogP contribution is 2.21. The van der Waals surface area contributed by atoms with Gasteiger partial charge in [0, 0.05) is 26.0 Å². The van der Waals surface area contributed by atoms with Gasteiger partial charge in [0.25, 0.3) is 5.91 Å². The predicted molar refractivity (Wildman–Crippen MR) is 99.6 cm³/mol. The second-order valence-electron chi connectivity index (χ2n) is 6.00. The second-order valence-corrected chi connectivity index (χ2v) is 6.00. The highest BCUT2D eigenvalue weighted by atomic mass is 16.2. The number of carbonyl (C=O) groups excluding carboxylic acids is 1. The van der Waals surface area contributed by atoms with Crippen molar-refractivity contribution in [3.63, 3.8) is 0 Å². The Kier molecular flexibility index (Phi) is 5.12. The molecule has 3 aromatic rings. The molecule has 0 aliphatic carbocycles. The van der Waals surface area contributed by atoms with E-state index in [9.17, 15) is 4.79 Å². The highest BCUT2D eigenvalue weighted by Gasteiger charge is 2.11. The Bertz CT molecular complexity index is 885. The summed E-state index contributed by atoms with van der Waals surface area (Å²) in [5, 5.41) is 7.73. The summed E-state index contributed by atoms with van der Waals surface area (Å²) >= 11 is 0. The first-order valence-electron chi connectivity index (χ1n) is 8.18. The van der Waals surface area contributed by atoms with Crippen molar-refractivity contribution >= 4 is 17.4 Å². The maximum atomic E-state index is 12.1. The van der Waals surface area contributed by atoms with Crippen LogP contribution in [-0.4, -0.2) is 25.7 Å². The number of aryl methyl sites for hydroxylation is 3. The van der Waals surface area contributed by atoms with Crippen molar-refractivity contribution < 1.29 is 4.79 Å². The largest absolute Gasteiger partial charge is 0.363 e. The lowest BCUT2D eigenvalue weighted by Crippen LogP contribution is -2.29. The number of carbonyl (C=O) groups is 1. The minimum absolute atomic E-state index is 0.324. The number of hydrogen-bond acceptors (Lipinski definition) is 6. The summed E-state index contributed by atoms with van der Waals surface area (Å²) in [6.45, 7) is 4.82. The smallest absolute Gasteiger partial charge is 0.272 e. The molecular formula is C18H21N7O. The van der Waals surface area contributed by atoms with Crippen LogP contribution in [0.1, 0.15) is 27.0 Å². The topological polar surface area (TPSA) is 96.8 Å². The van der Waals surface area contributed by atoms with E-state index in [0.29, 0.717) is 23.6 Å². The molecule has 134 valence electrons. The molecule has 2 aromatic heterocycles. The van der Waals surface area contributed by atoms with Crippen LogP contribution in [0.3, 0.4) is 0 Å². The van der Waals surface area contributed by atoms with E-state index in [0.717, 1.165) is 0 Å². The zero-order chi connectivity index (χ0) is 18.5. The Morgan fingerprint density at radius 3 is 2.54 bits per heavy atom. The van der Waals surface area contributed by atoms with Gasteiger partial charge in [0.05, 0.1) is 11.8 Å². The van der Waals surface area contributed by atoms with Crippen molar-refractivity contribution in [3.05, 3.63) is 65.4 Å². The van der Waals surface area contributed by atoms with Crippen LogP contribution in [0.15, 0.2) is 43.1 Å². The minimum atomic E-state index is -0.324. The summed E-state index contributed by atoms with van der Waals surface area (Å²) in [4.78, 5) is 19.8. The average molecular weight is 351 g/mol. The van der Waals surface area contributed by atoms with E-state index in [1.807, 2.05) is 13.1 Å². The fraction of sp³-hybridized carbons (Fsp3) is 0.222. The molecule has 1 amide bonds. The van der Waals surface area contributed by atoms with Crippen LogP contribution >= 0.6 is 0 Å². The SMILES string of the molecule is Cc1cccc(C)c1CNc1nn(C)cc1NNC(=O)c1cncnc1. The van der Waals surface area contributed by atoms with Gasteiger partial charge in [-0.2, -0.15) is 5.10 Å². The monoisotopic (exact) mass is 351 g/mol. The molecule has 1 aromatic carbocycles. The van der Waals surface area contributed by atoms with Gasteiger partial charge in [-0.25, -0.2) is 9.97 Å². The third-order valence-corrected chi connectivity index (χ3v) is 4.04. The fourth-order valence-electron chi connectivity index (χ4n) is 2.62. The van der Waals surface area contributed by atoms with E-state index in [-0.39, 0.29) is 5.91 Å². The Hall–Kier alpha value is -3.42. The number of nitrogens with one attached hydrogen (secondary N) is 3. The standard InChI is InChI=1S/C18H21N7O/c1-12-5-4-6-13(2)15(12)9-21-17-16(10-25(3)24-17)22-23-18(26)14-7-19-11-20-8-14/h4-8,10-11,22H,9H2,1-3H3,(H,21,24)(H,23,26). The van der Waals surface area contributed by atoms with E-state index < -0.39 is 0 Å². The zero-order valence-corrected chi connectivity index (χ0v) is 14.9. The zero-order valence-electron chi connectivity index (χ0n) is 14.9. The van der Waals surface area contributed by atoms with Gasteiger partial charge < -0.3 is 5.32 Å². The summed E-state index contributed by atoms with van der Waals surface area (Å²) in [6, 6.07) is 6.22. The van der Waals surface area contributed by atoms with Gasteiger partial charge in [0.1, 0.15) is 12.0 Å². The van der Waals surface area contributed by atoms with E-state index in [4.69, 9.17) is 0 Å². The van der Waals surface area contributed by atoms with Gasteiger partial charge in [0.2, 0.25) is 0 Å². The van der Waals surface area contributed by atoms with Gasteiger partial charge in [0.15, 0.2) is 5.82 Å². The highest BCUT2D eigenvalue weighted by molar-refractivity contribution is 5.94. The molecule has 0 radical (unpaired) electrons. The van der Waals surface area contributed by atoms with Crippen LogP contribution in [-0.2, 0) is 13.6 Å². The number of benzene rings is 1.